The molecular weight excluding hydrogens is 322 g/mol. The molecule has 0 saturated heterocycles. The summed E-state index contributed by atoms with van der Waals surface area (Å²) in [6.45, 7) is 0. The molecular formula is C11H6F6N2O3. The first-order chi connectivity index (χ1) is 9.93. The van der Waals surface area contributed by atoms with Crippen molar-refractivity contribution in [1.29, 1.82) is 0 Å². The number of allylic oxidation sites excluding steroid dienone is 1. The van der Waals surface area contributed by atoms with Gasteiger partial charge >= 0.3 is 18.3 Å². The van der Waals surface area contributed by atoms with Crippen LogP contribution >= 0.6 is 0 Å². The fourth-order valence-corrected chi connectivity index (χ4v) is 1.18. The monoisotopic (exact) mass is 328 g/mol. The van der Waals surface area contributed by atoms with E-state index in [1.165, 1.54) is 0 Å². The van der Waals surface area contributed by atoms with Crippen molar-refractivity contribution in [3.63, 3.8) is 0 Å². The van der Waals surface area contributed by atoms with Crippen LogP contribution in [0.15, 0.2) is 46.0 Å². The van der Waals surface area contributed by atoms with Gasteiger partial charge in [-0.2, -0.15) is 31.5 Å². The van der Waals surface area contributed by atoms with Gasteiger partial charge in [0.2, 0.25) is 11.5 Å². The van der Waals surface area contributed by atoms with Gasteiger partial charge in [-0.3, -0.25) is 0 Å². The van der Waals surface area contributed by atoms with Crippen molar-refractivity contribution in [2.24, 2.45) is 10.2 Å². The highest BCUT2D eigenvalue weighted by Gasteiger charge is 2.39. The molecule has 0 heterocycles. The Morgan fingerprint density at radius 1 is 1.05 bits per heavy atom. The second-order valence-electron chi connectivity index (χ2n) is 3.75. The zero-order valence-electron chi connectivity index (χ0n) is 10.3. The molecule has 0 aliphatic carbocycles. The van der Waals surface area contributed by atoms with Crippen molar-refractivity contribution in [3.05, 3.63) is 41.3 Å². The Kier molecular flexibility index (Phi) is 4.79. The molecule has 11 heteroatoms. The quantitative estimate of drug-likeness (QED) is 0.377. The summed E-state index contributed by atoms with van der Waals surface area (Å²) in [7, 11) is 0. The number of carbonyl (C=O) groups is 1. The minimum Gasteiger partial charge on any atom is -0.502 e. The van der Waals surface area contributed by atoms with Gasteiger partial charge in [0.15, 0.2) is 0 Å². The summed E-state index contributed by atoms with van der Waals surface area (Å²) in [6.07, 6.45) is -10.1. The van der Waals surface area contributed by atoms with E-state index in [1.54, 1.807) is 0 Å². The van der Waals surface area contributed by atoms with Gasteiger partial charge < -0.3 is 10.2 Å². The highest BCUT2D eigenvalue weighted by Crippen LogP contribution is 2.32. The second kappa shape index (κ2) is 6.03. The molecule has 0 saturated carbocycles. The Labute approximate surface area is 118 Å². The molecule has 0 amide bonds. The molecule has 0 aliphatic rings. The Morgan fingerprint density at radius 3 is 2.09 bits per heavy atom. The van der Waals surface area contributed by atoms with E-state index in [9.17, 15) is 31.1 Å². The van der Waals surface area contributed by atoms with E-state index in [2.05, 4.69) is 10.2 Å². The normalized spacial score (nSPS) is 14.1. The van der Waals surface area contributed by atoms with Gasteiger partial charge in [0.25, 0.3) is 0 Å². The van der Waals surface area contributed by atoms with E-state index in [4.69, 9.17) is 10.2 Å². The molecule has 1 rings (SSSR count). The third kappa shape index (κ3) is 4.46. The molecule has 0 unspecified atom stereocenters. The van der Waals surface area contributed by atoms with Crippen LogP contribution in [0.25, 0.3) is 0 Å². The largest absolute Gasteiger partial charge is 0.502 e. The number of nitrogens with zero attached hydrogens (tertiary/aromatic N) is 2. The zero-order chi connectivity index (χ0) is 17.1. The van der Waals surface area contributed by atoms with Crippen molar-refractivity contribution >= 4 is 11.7 Å². The number of alkyl halides is 6. The predicted molar refractivity (Wildman–Crippen MR) is 59.3 cm³/mol. The second-order valence-corrected chi connectivity index (χ2v) is 3.75. The number of azo groups is 1. The van der Waals surface area contributed by atoms with Crippen LogP contribution in [-0.2, 0) is 11.0 Å². The first kappa shape index (κ1) is 17.5. The molecule has 0 fully saturated rings. The summed E-state index contributed by atoms with van der Waals surface area (Å²) in [5.41, 5.74) is -3.53. The molecule has 0 aromatic heterocycles. The molecule has 0 spiro atoms. The van der Waals surface area contributed by atoms with Crippen LogP contribution in [0.4, 0.5) is 32.0 Å². The topological polar surface area (TPSA) is 82.2 Å². The van der Waals surface area contributed by atoms with Gasteiger partial charge in [0.1, 0.15) is 0 Å². The molecule has 0 atom stereocenters. The summed E-state index contributed by atoms with van der Waals surface area (Å²) < 4.78 is 73.8. The fraction of sp³-hybridized carbons (Fsp3) is 0.182. The highest BCUT2D eigenvalue weighted by atomic mass is 19.4. The number of carboxylic acid groups (broad SMARTS) is 1. The third-order valence-electron chi connectivity index (χ3n) is 2.13. The predicted octanol–water partition coefficient (Wildman–Crippen LogP) is 4.21. The lowest BCUT2D eigenvalue weighted by Gasteiger charge is -2.07. The molecule has 0 aliphatic heterocycles. The van der Waals surface area contributed by atoms with Crippen molar-refractivity contribution in [3.8, 4) is 0 Å². The Morgan fingerprint density at radius 2 is 1.64 bits per heavy atom. The summed E-state index contributed by atoms with van der Waals surface area (Å²) >= 11 is 0. The van der Waals surface area contributed by atoms with Crippen LogP contribution < -0.4 is 0 Å². The number of halogens is 6. The van der Waals surface area contributed by atoms with Crippen molar-refractivity contribution in [2.45, 2.75) is 12.4 Å². The van der Waals surface area contributed by atoms with Crippen LogP contribution in [0.1, 0.15) is 5.56 Å². The molecule has 0 radical (unpaired) electrons. The fourth-order valence-electron chi connectivity index (χ4n) is 1.18. The van der Waals surface area contributed by atoms with E-state index in [0.717, 1.165) is 12.1 Å². The van der Waals surface area contributed by atoms with E-state index in [1.807, 2.05) is 0 Å². The van der Waals surface area contributed by atoms with E-state index >= 15 is 0 Å². The molecule has 120 valence electrons. The molecule has 1 aromatic rings. The van der Waals surface area contributed by atoms with Gasteiger partial charge in [-0.15, -0.1) is 5.11 Å². The lowest BCUT2D eigenvalue weighted by molar-refractivity contribution is -0.138. The maximum Gasteiger partial charge on any atom is 0.451 e. The lowest BCUT2D eigenvalue weighted by atomic mass is 10.2. The molecule has 0 bridgehead atoms. The van der Waals surface area contributed by atoms with Crippen LogP contribution in [0.5, 0.6) is 0 Å². The van der Waals surface area contributed by atoms with Crippen molar-refractivity contribution < 1.29 is 41.4 Å². The molecule has 22 heavy (non-hydrogen) atoms. The van der Waals surface area contributed by atoms with Crippen molar-refractivity contribution in [2.75, 3.05) is 0 Å². The van der Waals surface area contributed by atoms with Gasteiger partial charge in [-0.05, 0) is 18.2 Å². The van der Waals surface area contributed by atoms with Gasteiger partial charge in [0, 0.05) is 0 Å². The Balaban J connectivity index is 3.22. The SMILES string of the molecule is O=C(O)/C(N=Nc1cccc(C(F)(F)F)c1)=C(\O)C(F)(F)F. The van der Waals surface area contributed by atoms with Crippen LogP contribution in [-0.4, -0.2) is 22.4 Å². The average molecular weight is 328 g/mol. The summed E-state index contributed by atoms with van der Waals surface area (Å²) in [5, 5.41) is 22.8. The van der Waals surface area contributed by atoms with Crippen molar-refractivity contribution in [1.82, 2.24) is 0 Å². The van der Waals surface area contributed by atoms with Crippen LogP contribution in [0.3, 0.4) is 0 Å². The minimum absolute atomic E-state index is 0.452. The number of hydrogen-bond donors (Lipinski definition) is 2. The Hall–Kier alpha value is -2.59. The summed E-state index contributed by atoms with van der Waals surface area (Å²) in [6, 6.07) is 3.00. The van der Waals surface area contributed by atoms with Gasteiger partial charge in [-0.1, -0.05) is 6.07 Å². The first-order valence-electron chi connectivity index (χ1n) is 5.25. The smallest absolute Gasteiger partial charge is 0.451 e. The number of aliphatic hydroxyl groups is 1. The van der Waals surface area contributed by atoms with Crippen LogP contribution in [0, 0.1) is 0 Å². The van der Waals surface area contributed by atoms with E-state index in [0.29, 0.717) is 12.1 Å². The van der Waals surface area contributed by atoms with E-state index in [-0.39, 0.29) is 0 Å². The molecule has 1 aromatic carbocycles. The zero-order valence-corrected chi connectivity index (χ0v) is 10.3. The summed E-state index contributed by atoms with van der Waals surface area (Å²) in [5.74, 6) is -4.76. The number of rotatable bonds is 3. The third-order valence-corrected chi connectivity index (χ3v) is 2.13. The average Bonchev–Trinajstić information content (AvgIpc) is 2.36. The first-order valence-corrected chi connectivity index (χ1v) is 5.25. The number of carboxylic acids is 1. The van der Waals surface area contributed by atoms with Gasteiger partial charge in [0.05, 0.1) is 11.3 Å². The number of benzene rings is 1. The van der Waals surface area contributed by atoms with Crippen LogP contribution in [0.2, 0.25) is 0 Å². The molecule has 2 N–H and O–H groups in total. The number of hydrogen-bond acceptors (Lipinski definition) is 4. The standard InChI is InChI=1S/C11H6F6N2O3/c12-10(13,14)5-2-1-3-6(4-5)18-19-7(9(21)22)8(20)11(15,16)17/h1-4,20H,(H,21,22)/b8-7+,19-18?. The number of aliphatic carboxylic acids is 1. The maximum atomic E-state index is 12.4. The van der Waals surface area contributed by atoms with E-state index < -0.39 is 41.0 Å². The maximum absolute atomic E-state index is 12.4. The number of aliphatic hydroxyl groups excluding tert-OH is 1. The summed E-state index contributed by atoms with van der Waals surface area (Å²) in [4.78, 5) is 10.6. The Bertz CT molecular complexity index is 633. The lowest BCUT2D eigenvalue weighted by Crippen LogP contribution is -2.16. The highest BCUT2D eigenvalue weighted by molar-refractivity contribution is 5.86. The minimum atomic E-state index is -5.39. The van der Waals surface area contributed by atoms with Gasteiger partial charge in [-0.25, -0.2) is 4.79 Å². The molecule has 5 nitrogen and oxygen atoms in total.